The lowest BCUT2D eigenvalue weighted by molar-refractivity contribution is -0.143. The molecule has 9 nitrogen and oxygen atoms in total. The smallest absolute Gasteiger partial charge is 0.320 e. The maximum absolute atomic E-state index is 12.5. The number of carbonyl (C=O) groups excluding carboxylic acids is 2. The summed E-state index contributed by atoms with van der Waals surface area (Å²) in [4.78, 5) is 37.7. The minimum atomic E-state index is -1.01. The zero-order valence-corrected chi connectivity index (χ0v) is 11.7. The predicted octanol–water partition coefficient (Wildman–Crippen LogP) is -1.68. The summed E-state index contributed by atoms with van der Waals surface area (Å²) < 4.78 is 10.3. The molecule has 0 saturated carbocycles. The van der Waals surface area contributed by atoms with E-state index in [0.29, 0.717) is 6.61 Å². The van der Waals surface area contributed by atoms with E-state index in [2.05, 4.69) is 0 Å². The highest BCUT2D eigenvalue weighted by molar-refractivity contribution is 5.86. The number of nitrogens with zero attached hydrogens (tertiary/aromatic N) is 2. The fourth-order valence-corrected chi connectivity index (χ4v) is 2.57. The van der Waals surface area contributed by atoms with Gasteiger partial charge < -0.3 is 30.1 Å². The van der Waals surface area contributed by atoms with E-state index in [1.54, 1.807) is 0 Å². The lowest BCUT2D eigenvalue weighted by Crippen LogP contribution is -2.59. The fraction of sp³-hybridized carbons (Fsp3) is 0.750. The van der Waals surface area contributed by atoms with Crippen LogP contribution in [0.15, 0.2) is 0 Å². The quantitative estimate of drug-likeness (QED) is 0.642. The average molecular weight is 301 g/mol. The molecular formula is C12H19N3O6. The Morgan fingerprint density at radius 1 is 1.24 bits per heavy atom. The van der Waals surface area contributed by atoms with Crippen molar-refractivity contribution in [3.63, 3.8) is 0 Å². The van der Waals surface area contributed by atoms with E-state index < -0.39 is 35.9 Å². The van der Waals surface area contributed by atoms with Crippen LogP contribution in [0.4, 0.5) is 4.79 Å². The monoisotopic (exact) mass is 301 g/mol. The third-order valence-electron chi connectivity index (χ3n) is 3.87. The molecule has 2 aliphatic heterocycles. The van der Waals surface area contributed by atoms with E-state index in [0.717, 1.165) is 0 Å². The number of amides is 3. The number of carboxylic acids is 1. The Labute approximate surface area is 121 Å². The molecule has 2 aliphatic rings. The summed E-state index contributed by atoms with van der Waals surface area (Å²) in [5.74, 6) is -2.42. The second-order valence-corrected chi connectivity index (χ2v) is 5.13. The van der Waals surface area contributed by atoms with Crippen LogP contribution in [-0.2, 0) is 19.1 Å². The van der Waals surface area contributed by atoms with E-state index in [1.807, 2.05) is 0 Å². The predicted molar refractivity (Wildman–Crippen MR) is 69.4 cm³/mol. The lowest BCUT2D eigenvalue weighted by Gasteiger charge is -2.38. The van der Waals surface area contributed by atoms with Gasteiger partial charge in [-0.05, 0) is 0 Å². The first-order chi connectivity index (χ1) is 9.93. The number of likely N-dealkylation sites (N-methyl/N-ethyl adjacent to an activating group) is 1. The van der Waals surface area contributed by atoms with E-state index in [1.165, 1.54) is 16.8 Å². The number of primary amides is 1. The number of morpholine rings is 1. The van der Waals surface area contributed by atoms with Crippen LogP contribution >= 0.6 is 0 Å². The molecule has 2 rings (SSSR count). The maximum atomic E-state index is 12.5. The Bertz CT molecular complexity index is 443. The standard InChI is InChI=1S/C12H19N3O6/c1-14(8-5-21-4-7(8)11(17)18)12(19)15-2-3-20-6-9(15)10(13)16/h7-9H,2-6H2,1H3,(H2,13,16)(H,17,18). The number of hydrogen-bond acceptors (Lipinski definition) is 5. The Balaban J connectivity index is 2.10. The van der Waals surface area contributed by atoms with Crippen LogP contribution in [0.1, 0.15) is 0 Å². The Morgan fingerprint density at radius 3 is 2.57 bits per heavy atom. The largest absolute Gasteiger partial charge is 0.481 e. The molecule has 0 bridgehead atoms. The molecule has 3 unspecified atom stereocenters. The number of aliphatic carboxylic acids is 1. The molecule has 0 aromatic rings. The number of carbonyl (C=O) groups is 3. The van der Waals surface area contributed by atoms with Gasteiger partial charge in [0.05, 0.1) is 32.5 Å². The number of urea groups is 1. The SMILES string of the molecule is CN(C(=O)N1CCOCC1C(N)=O)C1COCC1C(=O)O. The Kier molecular flexibility index (Phi) is 4.63. The topological polar surface area (TPSA) is 122 Å². The fourth-order valence-electron chi connectivity index (χ4n) is 2.57. The lowest BCUT2D eigenvalue weighted by atomic mass is 10.0. The number of hydrogen-bond donors (Lipinski definition) is 2. The Hall–Kier alpha value is -1.87. The highest BCUT2D eigenvalue weighted by atomic mass is 16.5. The minimum absolute atomic E-state index is 0.0540. The first-order valence-electron chi connectivity index (χ1n) is 6.64. The molecule has 3 N–H and O–H groups in total. The molecule has 0 aromatic carbocycles. The molecule has 3 amide bonds. The van der Waals surface area contributed by atoms with Crippen molar-refractivity contribution in [2.24, 2.45) is 11.7 Å². The van der Waals surface area contributed by atoms with Crippen LogP contribution in [0.3, 0.4) is 0 Å². The van der Waals surface area contributed by atoms with Gasteiger partial charge >= 0.3 is 12.0 Å². The molecule has 0 spiro atoms. The summed E-state index contributed by atoms with van der Waals surface area (Å²) in [6, 6.07) is -1.84. The summed E-state index contributed by atoms with van der Waals surface area (Å²) >= 11 is 0. The van der Waals surface area contributed by atoms with Crippen LogP contribution in [0, 0.1) is 5.92 Å². The van der Waals surface area contributed by atoms with Crippen molar-refractivity contribution in [3.05, 3.63) is 0 Å². The van der Waals surface area contributed by atoms with Crippen molar-refractivity contribution < 1.29 is 29.0 Å². The van der Waals surface area contributed by atoms with Crippen molar-refractivity contribution >= 4 is 17.9 Å². The van der Waals surface area contributed by atoms with Gasteiger partial charge in [0.2, 0.25) is 5.91 Å². The summed E-state index contributed by atoms with van der Waals surface area (Å²) in [6.07, 6.45) is 0. The van der Waals surface area contributed by atoms with Gasteiger partial charge in [-0.1, -0.05) is 0 Å². The molecule has 2 saturated heterocycles. The van der Waals surface area contributed by atoms with Crippen molar-refractivity contribution in [1.82, 2.24) is 9.80 Å². The van der Waals surface area contributed by atoms with E-state index >= 15 is 0 Å². The molecule has 9 heteroatoms. The zero-order valence-electron chi connectivity index (χ0n) is 11.7. The number of rotatable bonds is 3. The van der Waals surface area contributed by atoms with Crippen LogP contribution in [-0.4, -0.2) is 84.9 Å². The first kappa shape index (κ1) is 15.5. The second-order valence-electron chi connectivity index (χ2n) is 5.13. The summed E-state index contributed by atoms with van der Waals surface area (Å²) in [5.41, 5.74) is 5.27. The molecule has 118 valence electrons. The normalized spacial score (nSPS) is 29.2. The van der Waals surface area contributed by atoms with Crippen LogP contribution in [0.25, 0.3) is 0 Å². The van der Waals surface area contributed by atoms with Gasteiger partial charge in [0.1, 0.15) is 12.0 Å². The molecule has 0 aromatic heterocycles. The van der Waals surface area contributed by atoms with Gasteiger partial charge in [0.25, 0.3) is 0 Å². The molecule has 0 radical (unpaired) electrons. The van der Waals surface area contributed by atoms with Crippen molar-refractivity contribution in [1.29, 1.82) is 0 Å². The van der Waals surface area contributed by atoms with Crippen molar-refractivity contribution in [2.75, 3.05) is 40.0 Å². The van der Waals surface area contributed by atoms with Crippen LogP contribution in [0.2, 0.25) is 0 Å². The summed E-state index contributed by atoms with van der Waals surface area (Å²) in [6.45, 7) is 0.832. The van der Waals surface area contributed by atoms with Gasteiger partial charge in [-0.25, -0.2) is 4.79 Å². The highest BCUT2D eigenvalue weighted by Gasteiger charge is 2.41. The van der Waals surface area contributed by atoms with Gasteiger partial charge in [-0.15, -0.1) is 0 Å². The number of nitrogens with two attached hydrogens (primary N) is 1. The van der Waals surface area contributed by atoms with Gasteiger partial charge in [-0.2, -0.15) is 0 Å². The maximum Gasteiger partial charge on any atom is 0.320 e. The van der Waals surface area contributed by atoms with Crippen molar-refractivity contribution in [3.8, 4) is 0 Å². The third-order valence-corrected chi connectivity index (χ3v) is 3.87. The molecule has 2 fully saturated rings. The molecular weight excluding hydrogens is 282 g/mol. The first-order valence-corrected chi connectivity index (χ1v) is 6.64. The highest BCUT2D eigenvalue weighted by Crippen LogP contribution is 2.21. The van der Waals surface area contributed by atoms with Gasteiger partial charge in [-0.3, -0.25) is 9.59 Å². The molecule has 3 atom stereocenters. The zero-order chi connectivity index (χ0) is 15.6. The minimum Gasteiger partial charge on any atom is -0.481 e. The Morgan fingerprint density at radius 2 is 1.95 bits per heavy atom. The third kappa shape index (κ3) is 3.08. The summed E-state index contributed by atoms with van der Waals surface area (Å²) in [7, 11) is 1.51. The van der Waals surface area contributed by atoms with Crippen molar-refractivity contribution in [2.45, 2.75) is 12.1 Å². The second kappa shape index (κ2) is 6.27. The molecule has 2 heterocycles. The average Bonchev–Trinajstić information content (AvgIpc) is 2.95. The van der Waals surface area contributed by atoms with Gasteiger partial charge in [0, 0.05) is 13.6 Å². The van der Waals surface area contributed by atoms with E-state index in [9.17, 15) is 14.4 Å². The number of ether oxygens (including phenoxy) is 2. The van der Waals surface area contributed by atoms with Crippen LogP contribution in [0.5, 0.6) is 0 Å². The van der Waals surface area contributed by atoms with Crippen LogP contribution < -0.4 is 5.73 Å². The summed E-state index contributed by atoms with van der Waals surface area (Å²) in [5, 5.41) is 9.14. The van der Waals surface area contributed by atoms with E-state index in [-0.39, 0.29) is 26.4 Å². The van der Waals surface area contributed by atoms with Gasteiger partial charge in [0.15, 0.2) is 0 Å². The number of carboxylic acid groups (broad SMARTS) is 1. The molecule has 21 heavy (non-hydrogen) atoms. The molecule has 0 aliphatic carbocycles. The van der Waals surface area contributed by atoms with E-state index in [4.69, 9.17) is 20.3 Å².